The summed E-state index contributed by atoms with van der Waals surface area (Å²) in [6, 6.07) is 3.35. The molecule has 0 spiro atoms. The Kier molecular flexibility index (Phi) is 4.12. The van der Waals surface area contributed by atoms with E-state index in [-0.39, 0.29) is 13.1 Å². The summed E-state index contributed by atoms with van der Waals surface area (Å²) in [7, 11) is 1.61. The number of hydrogen-bond donors (Lipinski definition) is 1. The second-order valence-corrected chi connectivity index (χ2v) is 3.50. The monoisotopic (exact) mass is 233 g/mol. The summed E-state index contributed by atoms with van der Waals surface area (Å²) in [6.45, 7) is 0.207. The molecule has 0 unspecified atom stereocenters. The average molecular weight is 233 g/mol. The Balaban J connectivity index is 2.62. The van der Waals surface area contributed by atoms with Crippen molar-refractivity contribution in [1.29, 1.82) is 0 Å². The van der Waals surface area contributed by atoms with Gasteiger partial charge in [0.25, 0.3) is 0 Å². The van der Waals surface area contributed by atoms with E-state index >= 15 is 0 Å². The maximum atomic E-state index is 12.0. The highest BCUT2D eigenvalue weighted by Crippen LogP contribution is 2.21. The molecule has 0 saturated heterocycles. The first-order valence-corrected chi connectivity index (χ1v) is 4.85. The molecule has 0 bridgehead atoms. The predicted molar refractivity (Wildman–Crippen MR) is 56.1 cm³/mol. The summed E-state index contributed by atoms with van der Waals surface area (Å²) < 4.78 is 36.1. The molecule has 1 aromatic heterocycles. The molecule has 0 aromatic carbocycles. The van der Waals surface area contributed by atoms with E-state index in [1.54, 1.807) is 25.4 Å². The van der Waals surface area contributed by atoms with Gasteiger partial charge >= 0.3 is 6.18 Å². The molecule has 90 valence electrons. The second kappa shape index (κ2) is 5.16. The third kappa shape index (κ3) is 4.06. The van der Waals surface area contributed by atoms with Crippen LogP contribution in [0.1, 0.15) is 12.1 Å². The fourth-order valence-corrected chi connectivity index (χ4v) is 1.24. The second-order valence-electron chi connectivity index (χ2n) is 3.50. The van der Waals surface area contributed by atoms with E-state index in [2.05, 4.69) is 4.98 Å². The molecule has 1 rings (SSSR count). The molecule has 1 aromatic rings. The minimum atomic E-state index is -4.13. The van der Waals surface area contributed by atoms with Gasteiger partial charge in [-0.1, -0.05) is 0 Å². The molecule has 0 saturated carbocycles. The molecule has 2 N–H and O–H groups in total. The molecule has 0 aliphatic heterocycles. The number of rotatable bonds is 4. The van der Waals surface area contributed by atoms with Crippen molar-refractivity contribution in [3.05, 3.63) is 24.0 Å². The highest BCUT2D eigenvalue weighted by atomic mass is 19.4. The Labute approximate surface area is 92.1 Å². The zero-order valence-electron chi connectivity index (χ0n) is 8.96. The van der Waals surface area contributed by atoms with Gasteiger partial charge in [-0.15, -0.1) is 0 Å². The minimum absolute atomic E-state index is 0.0719. The summed E-state index contributed by atoms with van der Waals surface area (Å²) in [5.41, 5.74) is 6.76. The van der Waals surface area contributed by atoms with Crippen molar-refractivity contribution in [2.75, 3.05) is 18.5 Å². The lowest BCUT2D eigenvalue weighted by atomic mass is 10.3. The smallest absolute Gasteiger partial charge is 0.374 e. The van der Waals surface area contributed by atoms with Gasteiger partial charge in [-0.2, -0.15) is 13.2 Å². The van der Waals surface area contributed by atoms with Gasteiger partial charge in [0.15, 0.2) is 0 Å². The van der Waals surface area contributed by atoms with Crippen LogP contribution >= 0.6 is 0 Å². The van der Waals surface area contributed by atoms with Crippen LogP contribution in [0.5, 0.6) is 0 Å². The average Bonchev–Trinajstić information content (AvgIpc) is 2.25. The van der Waals surface area contributed by atoms with E-state index in [4.69, 9.17) is 5.73 Å². The molecular weight excluding hydrogens is 219 g/mol. The maximum Gasteiger partial charge on any atom is 0.390 e. The van der Waals surface area contributed by atoms with Gasteiger partial charge in [0.2, 0.25) is 0 Å². The Hall–Kier alpha value is -1.30. The van der Waals surface area contributed by atoms with Crippen LogP contribution < -0.4 is 10.6 Å². The first-order chi connectivity index (χ1) is 7.42. The molecular formula is C10H14F3N3. The summed E-state index contributed by atoms with van der Waals surface area (Å²) >= 11 is 0. The number of hydrogen-bond acceptors (Lipinski definition) is 3. The maximum absolute atomic E-state index is 12.0. The molecule has 6 heteroatoms. The normalized spacial score (nSPS) is 11.6. The zero-order valence-corrected chi connectivity index (χ0v) is 8.96. The van der Waals surface area contributed by atoms with Crippen LogP contribution in [0.3, 0.4) is 0 Å². The van der Waals surface area contributed by atoms with E-state index in [0.29, 0.717) is 11.4 Å². The molecule has 0 fully saturated rings. The van der Waals surface area contributed by atoms with E-state index in [1.165, 1.54) is 4.90 Å². The highest BCUT2D eigenvalue weighted by molar-refractivity contribution is 5.45. The quantitative estimate of drug-likeness (QED) is 0.864. The van der Waals surface area contributed by atoms with Crippen LogP contribution in [0, 0.1) is 0 Å². The van der Waals surface area contributed by atoms with Crippen LogP contribution in [0.25, 0.3) is 0 Å². The van der Waals surface area contributed by atoms with Crippen LogP contribution in [0.2, 0.25) is 0 Å². The molecule has 0 aliphatic rings. The number of nitrogens with two attached hydrogens (primary N) is 1. The Morgan fingerprint density at radius 3 is 2.69 bits per heavy atom. The van der Waals surface area contributed by atoms with E-state index in [0.717, 1.165) is 0 Å². The first kappa shape index (κ1) is 12.8. The molecule has 0 aliphatic carbocycles. The Bertz CT molecular complexity index is 338. The molecule has 0 amide bonds. The summed E-state index contributed by atoms with van der Waals surface area (Å²) in [5, 5.41) is 0. The largest absolute Gasteiger partial charge is 0.390 e. The van der Waals surface area contributed by atoms with Crippen molar-refractivity contribution in [3.8, 4) is 0 Å². The topological polar surface area (TPSA) is 42.2 Å². The zero-order chi connectivity index (χ0) is 12.2. The van der Waals surface area contributed by atoms with Crippen LogP contribution in [0.4, 0.5) is 18.9 Å². The molecule has 0 atom stereocenters. The summed E-state index contributed by atoms with van der Waals surface area (Å²) in [5.74, 6) is 0. The first-order valence-electron chi connectivity index (χ1n) is 4.85. The van der Waals surface area contributed by atoms with Gasteiger partial charge in [0, 0.05) is 32.0 Å². The Morgan fingerprint density at radius 2 is 2.12 bits per heavy atom. The number of anilines is 1. The van der Waals surface area contributed by atoms with Gasteiger partial charge in [0.1, 0.15) is 0 Å². The lowest BCUT2D eigenvalue weighted by Gasteiger charge is -2.20. The molecule has 1 heterocycles. The number of alkyl halides is 3. The van der Waals surface area contributed by atoms with E-state index < -0.39 is 12.6 Å². The lowest BCUT2D eigenvalue weighted by Crippen LogP contribution is -2.24. The number of aromatic nitrogens is 1. The fraction of sp³-hybridized carbons (Fsp3) is 0.500. The SMILES string of the molecule is CN(CCC(F)(F)F)c1ccnc(CN)c1. The summed E-state index contributed by atoms with van der Waals surface area (Å²) in [6.07, 6.45) is -3.41. The van der Waals surface area contributed by atoms with Crippen LogP contribution in [-0.4, -0.2) is 24.8 Å². The van der Waals surface area contributed by atoms with Gasteiger partial charge in [-0.3, -0.25) is 4.98 Å². The van der Waals surface area contributed by atoms with Gasteiger partial charge in [0.05, 0.1) is 12.1 Å². The molecule has 0 radical (unpaired) electrons. The minimum Gasteiger partial charge on any atom is -0.374 e. The standard InChI is InChI=1S/C10H14F3N3/c1-16(5-3-10(11,12)13)9-2-4-15-8(6-9)7-14/h2,4,6H,3,5,7,14H2,1H3. The van der Waals surface area contributed by atoms with Crippen LogP contribution in [0.15, 0.2) is 18.3 Å². The van der Waals surface area contributed by atoms with Gasteiger partial charge in [-0.25, -0.2) is 0 Å². The Morgan fingerprint density at radius 1 is 1.44 bits per heavy atom. The van der Waals surface area contributed by atoms with E-state index in [1.807, 2.05) is 0 Å². The third-order valence-corrected chi connectivity index (χ3v) is 2.18. The van der Waals surface area contributed by atoms with E-state index in [9.17, 15) is 13.2 Å². The predicted octanol–water partition coefficient (Wildman–Crippen LogP) is 1.93. The van der Waals surface area contributed by atoms with Gasteiger partial charge < -0.3 is 10.6 Å². The molecule has 16 heavy (non-hydrogen) atoms. The highest BCUT2D eigenvalue weighted by Gasteiger charge is 2.27. The number of nitrogens with zero attached hydrogens (tertiary/aromatic N) is 2. The summed E-state index contributed by atoms with van der Waals surface area (Å²) in [4.78, 5) is 5.51. The van der Waals surface area contributed by atoms with Crippen molar-refractivity contribution in [3.63, 3.8) is 0 Å². The van der Waals surface area contributed by atoms with Crippen molar-refractivity contribution in [2.24, 2.45) is 5.73 Å². The van der Waals surface area contributed by atoms with Crippen molar-refractivity contribution in [1.82, 2.24) is 4.98 Å². The number of halogens is 3. The van der Waals surface area contributed by atoms with Crippen molar-refractivity contribution in [2.45, 2.75) is 19.1 Å². The fourth-order valence-electron chi connectivity index (χ4n) is 1.24. The third-order valence-electron chi connectivity index (χ3n) is 2.18. The lowest BCUT2D eigenvalue weighted by molar-refractivity contribution is -0.132. The molecule has 3 nitrogen and oxygen atoms in total. The number of pyridine rings is 1. The van der Waals surface area contributed by atoms with Crippen molar-refractivity contribution < 1.29 is 13.2 Å². The van der Waals surface area contributed by atoms with Gasteiger partial charge in [-0.05, 0) is 12.1 Å². The van der Waals surface area contributed by atoms with Crippen LogP contribution in [-0.2, 0) is 6.54 Å². The van der Waals surface area contributed by atoms with Crippen molar-refractivity contribution >= 4 is 5.69 Å².